The number of hydrogen-bond donors (Lipinski definition) is 1. The van der Waals surface area contributed by atoms with Crippen LogP contribution in [0.25, 0.3) is 0 Å². The van der Waals surface area contributed by atoms with Gasteiger partial charge >= 0.3 is 0 Å². The van der Waals surface area contributed by atoms with E-state index in [9.17, 15) is 0 Å². The Balaban J connectivity index is 2.73. The smallest absolute Gasteiger partial charge is 0.135 e. The third kappa shape index (κ3) is 1.18. The van der Waals surface area contributed by atoms with Crippen LogP contribution in [0, 0.1) is 0 Å². The number of nitrogens with zero attached hydrogens (tertiary/aromatic N) is 2. The van der Waals surface area contributed by atoms with Crippen molar-refractivity contribution in [3.63, 3.8) is 0 Å². The minimum absolute atomic E-state index is 0.957. The average Bonchev–Trinajstić information content (AvgIpc) is 1.94. The molecule has 3 heteroatoms. The molecule has 0 fully saturated rings. The fourth-order valence-electron chi connectivity index (χ4n) is 0.397. The molecule has 0 aromatic rings. The SMILES string of the molecule is CC1=NC=NNC=C1. The lowest BCUT2D eigenvalue weighted by molar-refractivity contribution is 0.977. The van der Waals surface area contributed by atoms with Crippen LogP contribution in [0.2, 0.25) is 0 Å². The summed E-state index contributed by atoms with van der Waals surface area (Å²) in [5, 5.41) is 3.67. The van der Waals surface area contributed by atoms with Crippen LogP contribution in [-0.2, 0) is 0 Å². The normalized spacial score (nSPS) is 16.9. The number of hydrazone groups is 1. The Hall–Kier alpha value is -1.12. The second-order valence-electron chi connectivity index (χ2n) is 1.48. The molecule has 0 bridgehead atoms. The molecular formula is C5H7N3. The Labute approximate surface area is 47.8 Å². The Bertz CT molecular complexity index is 155. The van der Waals surface area contributed by atoms with Crippen LogP contribution in [0.1, 0.15) is 6.92 Å². The predicted octanol–water partition coefficient (Wildman–Crippen LogP) is 0.508. The largest absolute Gasteiger partial charge is 0.284 e. The van der Waals surface area contributed by atoms with Gasteiger partial charge in [0.05, 0.1) is 0 Å². The zero-order chi connectivity index (χ0) is 5.82. The van der Waals surface area contributed by atoms with Gasteiger partial charge < -0.3 is 0 Å². The van der Waals surface area contributed by atoms with Gasteiger partial charge in [-0.3, -0.25) is 5.43 Å². The zero-order valence-electron chi connectivity index (χ0n) is 4.63. The van der Waals surface area contributed by atoms with Crippen molar-refractivity contribution in [2.75, 3.05) is 0 Å². The highest BCUT2D eigenvalue weighted by atomic mass is 15.3. The lowest BCUT2D eigenvalue weighted by Crippen LogP contribution is -1.89. The van der Waals surface area contributed by atoms with Gasteiger partial charge in [0.15, 0.2) is 0 Å². The van der Waals surface area contributed by atoms with Crippen LogP contribution in [0.15, 0.2) is 22.4 Å². The van der Waals surface area contributed by atoms with E-state index in [0.29, 0.717) is 0 Å². The van der Waals surface area contributed by atoms with E-state index in [2.05, 4.69) is 15.5 Å². The monoisotopic (exact) mass is 109 g/mol. The molecule has 0 aromatic carbocycles. The quantitative estimate of drug-likeness (QED) is 0.483. The summed E-state index contributed by atoms with van der Waals surface area (Å²) >= 11 is 0. The van der Waals surface area contributed by atoms with Crippen LogP contribution in [-0.4, -0.2) is 12.1 Å². The number of nitrogens with one attached hydrogen (secondary N) is 1. The third-order valence-corrected chi connectivity index (χ3v) is 0.793. The highest BCUT2D eigenvalue weighted by Gasteiger charge is 1.81. The van der Waals surface area contributed by atoms with Crippen LogP contribution in [0.5, 0.6) is 0 Å². The van der Waals surface area contributed by atoms with Crippen molar-refractivity contribution in [2.24, 2.45) is 10.1 Å². The van der Waals surface area contributed by atoms with E-state index in [1.165, 1.54) is 6.34 Å². The van der Waals surface area contributed by atoms with Crippen LogP contribution in [0.4, 0.5) is 0 Å². The second kappa shape index (κ2) is 2.26. The van der Waals surface area contributed by atoms with Crippen LogP contribution in [0.3, 0.4) is 0 Å². The molecule has 0 aromatic heterocycles. The number of hydrogen-bond acceptors (Lipinski definition) is 3. The van der Waals surface area contributed by atoms with Crippen LogP contribution < -0.4 is 5.43 Å². The Kier molecular flexibility index (Phi) is 1.42. The molecule has 0 saturated carbocycles. The first-order chi connectivity index (χ1) is 3.89. The number of rotatable bonds is 0. The lowest BCUT2D eigenvalue weighted by Gasteiger charge is -1.79. The van der Waals surface area contributed by atoms with Gasteiger partial charge in [0.25, 0.3) is 0 Å². The summed E-state index contributed by atoms with van der Waals surface area (Å²) in [5.74, 6) is 0. The number of allylic oxidation sites excluding steroid dienone is 1. The molecule has 1 N–H and O–H groups in total. The Morgan fingerprint density at radius 1 is 1.62 bits per heavy atom. The highest BCUT2D eigenvalue weighted by molar-refractivity contribution is 5.97. The molecule has 1 rings (SSSR count). The molecule has 0 amide bonds. The minimum atomic E-state index is 0.957. The molecule has 3 nitrogen and oxygen atoms in total. The molecule has 0 spiro atoms. The molecule has 0 aliphatic carbocycles. The van der Waals surface area contributed by atoms with Crippen molar-refractivity contribution in [1.82, 2.24) is 5.43 Å². The predicted molar refractivity (Wildman–Crippen MR) is 33.9 cm³/mol. The van der Waals surface area contributed by atoms with Gasteiger partial charge in [-0.15, -0.1) is 0 Å². The van der Waals surface area contributed by atoms with E-state index >= 15 is 0 Å². The molecule has 0 radical (unpaired) electrons. The van der Waals surface area contributed by atoms with E-state index < -0.39 is 0 Å². The molecule has 42 valence electrons. The molecule has 1 aliphatic rings. The summed E-state index contributed by atoms with van der Waals surface area (Å²) in [7, 11) is 0. The maximum atomic E-state index is 3.90. The fourth-order valence-corrected chi connectivity index (χ4v) is 0.397. The Morgan fingerprint density at radius 2 is 2.50 bits per heavy atom. The molecule has 1 heterocycles. The van der Waals surface area contributed by atoms with Gasteiger partial charge in [-0.05, 0) is 13.0 Å². The maximum absolute atomic E-state index is 3.90. The standard InChI is InChI=1S/C5H7N3/c1-5-2-3-7-8-4-6-5/h2-4,7H,1H3. The van der Waals surface area contributed by atoms with Gasteiger partial charge in [-0.1, -0.05) is 0 Å². The van der Waals surface area contributed by atoms with Crippen molar-refractivity contribution in [3.8, 4) is 0 Å². The van der Waals surface area contributed by atoms with Gasteiger partial charge in [0.2, 0.25) is 0 Å². The van der Waals surface area contributed by atoms with Gasteiger partial charge in [0.1, 0.15) is 6.34 Å². The summed E-state index contributed by atoms with van der Waals surface area (Å²) < 4.78 is 0. The fraction of sp³-hybridized carbons (Fsp3) is 0.200. The maximum Gasteiger partial charge on any atom is 0.135 e. The first-order valence-electron chi connectivity index (χ1n) is 2.37. The summed E-state index contributed by atoms with van der Waals surface area (Å²) in [4.78, 5) is 3.90. The molecular weight excluding hydrogens is 102 g/mol. The van der Waals surface area contributed by atoms with Gasteiger partial charge in [0, 0.05) is 11.9 Å². The zero-order valence-corrected chi connectivity index (χ0v) is 4.63. The van der Waals surface area contributed by atoms with E-state index in [-0.39, 0.29) is 0 Å². The van der Waals surface area contributed by atoms with Gasteiger partial charge in [-0.25, -0.2) is 4.99 Å². The third-order valence-electron chi connectivity index (χ3n) is 0.793. The molecule has 0 unspecified atom stereocenters. The summed E-state index contributed by atoms with van der Waals surface area (Å²) in [6.45, 7) is 1.91. The highest BCUT2D eigenvalue weighted by Crippen LogP contribution is 1.80. The van der Waals surface area contributed by atoms with Crippen molar-refractivity contribution in [3.05, 3.63) is 12.3 Å². The minimum Gasteiger partial charge on any atom is -0.284 e. The van der Waals surface area contributed by atoms with Crippen molar-refractivity contribution in [1.29, 1.82) is 0 Å². The average molecular weight is 109 g/mol. The first-order valence-corrected chi connectivity index (χ1v) is 2.37. The van der Waals surface area contributed by atoms with Crippen LogP contribution >= 0.6 is 0 Å². The summed E-state index contributed by atoms with van der Waals surface area (Å²) in [6.07, 6.45) is 5.07. The van der Waals surface area contributed by atoms with Crippen molar-refractivity contribution < 1.29 is 0 Å². The van der Waals surface area contributed by atoms with E-state index in [4.69, 9.17) is 0 Å². The topological polar surface area (TPSA) is 36.8 Å². The first kappa shape index (κ1) is 5.03. The molecule has 8 heavy (non-hydrogen) atoms. The van der Waals surface area contributed by atoms with Crippen molar-refractivity contribution in [2.45, 2.75) is 6.92 Å². The summed E-state index contributed by atoms with van der Waals surface area (Å²) in [5.41, 5.74) is 3.61. The molecule has 0 saturated heterocycles. The molecule has 1 aliphatic heterocycles. The second-order valence-corrected chi connectivity index (χ2v) is 1.48. The number of aliphatic imine (C=N–C) groups is 1. The van der Waals surface area contributed by atoms with E-state index in [1.807, 2.05) is 13.0 Å². The summed E-state index contributed by atoms with van der Waals surface area (Å²) in [6, 6.07) is 0. The van der Waals surface area contributed by atoms with Gasteiger partial charge in [-0.2, -0.15) is 5.10 Å². The van der Waals surface area contributed by atoms with E-state index in [0.717, 1.165) is 5.71 Å². The Morgan fingerprint density at radius 3 is 3.38 bits per heavy atom. The van der Waals surface area contributed by atoms with Crippen molar-refractivity contribution >= 4 is 12.1 Å². The lowest BCUT2D eigenvalue weighted by atomic mass is 10.4. The molecule has 0 atom stereocenters. The van der Waals surface area contributed by atoms with E-state index in [1.54, 1.807) is 6.20 Å².